The van der Waals surface area contributed by atoms with Gasteiger partial charge in [0.2, 0.25) is 0 Å². The van der Waals surface area contributed by atoms with E-state index in [-0.39, 0.29) is 5.69 Å². The average Bonchev–Trinajstić information content (AvgIpc) is 2.84. The Morgan fingerprint density at radius 3 is 2.82 bits per heavy atom. The van der Waals surface area contributed by atoms with Crippen LogP contribution in [-0.4, -0.2) is 28.6 Å². The summed E-state index contributed by atoms with van der Waals surface area (Å²) in [6, 6.07) is 4.13. The number of nitrogens with zero attached hydrogens (tertiary/aromatic N) is 2. The lowest BCUT2D eigenvalue weighted by atomic mass is 10.2. The van der Waals surface area contributed by atoms with E-state index in [1.54, 1.807) is 12.3 Å². The molecule has 0 aliphatic heterocycles. The van der Waals surface area contributed by atoms with Crippen LogP contribution in [0.3, 0.4) is 0 Å². The molecule has 92 valence electrons. The third-order valence-corrected chi connectivity index (χ3v) is 3.40. The highest BCUT2D eigenvalue weighted by atomic mass is 16.4. The summed E-state index contributed by atoms with van der Waals surface area (Å²) < 4.78 is 0. The predicted molar refractivity (Wildman–Crippen MR) is 66.5 cm³/mol. The molecule has 0 aromatic carbocycles. The summed E-state index contributed by atoms with van der Waals surface area (Å²) in [6.45, 7) is 3.02. The fourth-order valence-corrected chi connectivity index (χ4v) is 2.58. The molecule has 1 aliphatic carbocycles. The second-order valence-electron chi connectivity index (χ2n) is 4.43. The maximum absolute atomic E-state index is 10.9. The van der Waals surface area contributed by atoms with Gasteiger partial charge in [0.1, 0.15) is 5.69 Å². The van der Waals surface area contributed by atoms with Crippen LogP contribution in [0.5, 0.6) is 0 Å². The fourth-order valence-electron chi connectivity index (χ4n) is 2.58. The SMILES string of the molecule is CCN(c1ccnc(C(=O)O)c1)C1CCCC1. The molecule has 1 aromatic rings. The van der Waals surface area contributed by atoms with E-state index < -0.39 is 5.97 Å². The molecule has 1 aromatic heterocycles. The number of hydrogen-bond donors (Lipinski definition) is 1. The number of aromatic nitrogens is 1. The van der Waals surface area contributed by atoms with Gasteiger partial charge in [-0.1, -0.05) is 12.8 Å². The lowest BCUT2D eigenvalue weighted by Crippen LogP contribution is -2.33. The van der Waals surface area contributed by atoms with Crippen molar-refractivity contribution < 1.29 is 9.90 Å². The molecule has 0 unspecified atom stereocenters. The van der Waals surface area contributed by atoms with Gasteiger partial charge in [-0.05, 0) is 31.9 Å². The Kier molecular flexibility index (Phi) is 3.61. The Balaban J connectivity index is 2.23. The molecule has 17 heavy (non-hydrogen) atoms. The number of carboxylic acids is 1. The molecular weight excluding hydrogens is 216 g/mol. The van der Waals surface area contributed by atoms with Crippen molar-refractivity contribution in [2.75, 3.05) is 11.4 Å². The van der Waals surface area contributed by atoms with Gasteiger partial charge in [0.15, 0.2) is 0 Å². The highest BCUT2D eigenvalue weighted by molar-refractivity contribution is 5.86. The zero-order chi connectivity index (χ0) is 12.3. The van der Waals surface area contributed by atoms with Gasteiger partial charge in [0.25, 0.3) is 0 Å². The summed E-state index contributed by atoms with van der Waals surface area (Å²) >= 11 is 0. The number of carbonyl (C=O) groups is 1. The minimum absolute atomic E-state index is 0.124. The molecule has 1 fully saturated rings. The first-order chi connectivity index (χ1) is 8.22. The molecule has 0 saturated heterocycles. The molecule has 0 atom stereocenters. The van der Waals surface area contributed by atoms with Crippen molar-refractivity contribution in [2.45, 2.75) is 38.6 Å². The normalized spacial score (nSPS) is 16.1. The van der Waals surface area contributed by atoms with Crippen molar-refractivity contribution in [1.29, 1.82) is 0 Å². The molecule has 4 nitrogen and oxygen atoms in total. The number of aromatic carboxylic acids is 1. The second kappa shape index (κ2) is 5.17. The van der Waals surface area contributed by atoms with Crippen LogP contribution in [0.25, 0.3) is 0 Å². The van der Waals surface area contributed by atoms with Gasteiger partial charge in [-0.2, -0.15) is 0 Å². The number of pyridine rings is 1. The lowest BCUT2D eigenvalue weighted by Gasteiger charge is -2.29. The lowest BCUT2D eigenvalue weighted by molar-refractivity contribution is 0.0690. The van der Waals surface area contributed by atoms with E-state index in [2.05, 4.69) is 16.8 Å². The van der Waals surface area contributed by atoms with Crippen LogP contribution in [0.15, 0.2) is 18.3 Å². The predicted octanol–water partition coefficient (Wildman–Crippen LogP) is 2.55. The average molecular weight is 234 g/mol. The van der Waals surface area contributed by atoms with Crippen LogP contribution in [-0.2, 0) is 0 Å². The molecule has 0 spiro atoms. The Morgan fingerprint density at radius 1 is 1.53 bits per heavy atom. The van der Waals surface area contributed by atoms with Crippen molar-refractivity contribution >= 4 is 11.7 Å². The zero-order valence-corrected chi connectivity index (χ0v) is 10.1. The van der Waals surface area contributed by atoms with Crippen molar-refractivity contribution in [2.24, 2.45) is 0 Å². The maximum Gasteiger partial charge on any atom is 0.354 e. The Bertz CT molecular complexity index is 400. The summed E-state index contributed by atoms with van der Waals surface area (Å²) in [5, 5.41) is 8.95. The van der Waals surface area contributed by atoms with E-state index in [9.17, 15) is 4.79 Å². The number of carboxylic acid groups (broad SMARTS) is 1. The standard InChI is InChI=1S/C13H18N2O2/c1-2-15(10-5-3-4-6-10)11-7-8-14-12(9-11)13(16)17/h7-10H,2-6H2,1H3,(H,16,17). The van der Waals surface area contributed by atoms with Crippen molar-refractivity contribution in [3.05, 3.63) is 24.0 Å². The molecule has 0 bridgehead atoms. The van der Waals surface area contributed by atoms with E-state index in [1.807, 2.05) is 6.07 Å². The van der Waals surface area contributed by atoms with E-state index in [4.69, 9.17) is 5.11 Å². The van der Waals surface area contributed by atoms with E-state index in [0.717, 1.165) is 12.2 Å². The monoisotopic (exact) mass is 234 g/mol. The summed E-state index contributed by atoms with van der Waals surface area (Å²) in [4.78, 5) is 17.1. The van der Waals surface area contributed by atoms with Gasteiger partial charge in [-0.3, -0.25) is 0 Å². The van der Waals surface area contributed by atoms with Crippen molar-refractivity contribution in [1.82, 2.24) is 4.98 Å². The minimum atomic E-state index is -0.964. The largest absolute Gasteiger partial charge is 0.477 e. The number of hydrogen-bond acceptors (Lipinski definition) is 3. The van der Waals surface area contributed by atoms with Crippen molar-refractivity contribution in [3.8, 4) is 0 Å². The van der Waals surface area contributed by atoms with E-state index in [1.165, 1.54) is 25.7 Å². The first-order valence-electron chi connectivity index (χ1n) is 6.18. The van der Waals surface area contributed by atoms with E-state index in [0.29, 0.717) is 6.04 Å². The third kappa shape index (κ3) is 2.57. The summed E-state index contributed by atoms with van der Waals surface area (Å²) in [5.41, 5.74) is 1.10. The van der Waals surface area contributed by atoms with Crippen LogP contribution >= 0.6 is 0 Å². The van der Waals surface area contributed by atoms with Crippen LogP contribution in [0.2, 0.25) is 0 Å². The molecule has 2 rings (SSSR count). The summed E-state index contributed by atoms with van der Waals surface area (Å²) in [6.07, 6.45) is 6.55. The molecule has 0 radical (unpaired) electrons. The molecular formula is C13H18N2O2. The van der Waals surface area contributed by atoms with Gasteiger partial charge in [0, 0.05) is 24.5 Å². The van der Waals surface area contributed by atoms with Gasteiger partial charge in [-0.25, -0.2) is 9.78 Å². The number of anilines is 1. The first-order valence-corrected chi connectivity index (χ1v) is 6.18. The zero-order valence-electron chi connectivity index (χ0n) is 10.1. The summed E-state index contributed by atoms with van der Waals surface area (Å²) in [5.74, 6) is -0.964. The van der Waals surface area contributed by atoms with E-state index >= 15 is 0 Å². The van der Waals surface area contributed by atoms with Crippen LogP contribution in [0.1, 0.15) is 43.1 Å². The molecule has 1 N–H and O–H groups in total. The van der Waals surface area contributed by atoms with Gasteiger partial charge in [0.05, 0.1) is 0 Å². The summed E-state index contributed by atoms with van der Waals surface area (Å²) in [7, 11) is 0. The third-order valence-electron chi connectivity index (χ3n) is 3.40. The Morgan fingerprint density at radius 2 is 2.24 bits per heavy atom. The molecule has 1 saturated carbocycles. The van der Waals surface area contributed by atoms with Gasteiger partial charge >= 0.3 is 5.97 Å². The topological polar surface area (TPSA) is 53.4 Å². The smallest absolute Gasteiger partial charge is 0.354 e. The minimum Gasteiger partial charge on any atom is -0.477 e. The maximum atomic E-state index is 10.9. The fraction of sp³-hybridized carbons (Fsp3) is 0.538. The van der Waals surface area contributed by atoms with Crippen molar-refractivity contribution in [3.63, 3.8) is 0 Å². The quantitative estimate of drug-likeness (QED) is 0.869. The van der Waals surface area contributed by atoms with Gasteiger partial charge in [-0.15, -0.1) is 0 Å². The van der Waals surface area contributed by atoms with Gasteiger partial charge < -0.3 is 10.0 Å². The highest BCUT2D eigenvalue weighted by Crippen LogP contribution is 2.28. The van der Waals surface area contributed by atoms with Crippen LogP contribution < -0.4 is 4.90 Å². The molecule has 4 heteroatoms. The Hall–Kier alpha value is -1.58. The second-order valence-corrected chi connectivity index (χ2v) is 4.43. The van der Waals surface area contributed by atoms with Crippen LogP contribution in [0, 0.1) is 0 Å². The van der Waals surface area contributed by atoms with Crippen LogP contribution in [0.4, 0.5) is 5.69 Å². The number of rotatable bonds is 4. The first kappa shape index (κ1) is 11.9. The highest BCUT2D eigenvalue weighted by Gasteiger charge is 2.22. The molecule has 1 heterocycles. The molecule has 1 aliphatic rings. The Labute approximate surface area is 101 Å². The molecule has 0 amide bonds.